The maximum atomic E-state index is 13.2. The van der Waals surface area contributed by atoms with Gasteiger partial charge in [0.05, 0.1) is 16.6 Å². The van der Waals surface area contributed by atoms with Gasteiger partial charge in [0.2, 0.25) is 0 Å². The predicted octanol–water partition coefficient (Wildman–Crippen LogP) is 2.59. The molecule has 142 valence electrons. The number of carboxylic acids is 1. The smallest absolute Gasteiger partial charge is 0.341 e. The number of nitrogens with zero attached hydrogens (tertiary/aromatic N) is 1. The second kappa shape index (κ2) is 6.16. The molecular weight excluding hydrogens is 374 g/mol. The SMILES string of the molecule is O=C(O)COc1ccc(-c2c3c(nc4[nH][nH]c(=O)c24)-c2ccccc2C3=O)cc1. The van der Waals surface area contributed by atoms with Crippen molar-refractivity contribution in [2.24, 2.45) is 0 Å². The van der Waals surface area contributed by atoms with Crippen LogP contribution in [0.5, 0.6) is 5.75 Å². The molecule has 3 N–H and O–H groups in total. The third-order valence-corrected chi connectivity index (χ3v) is 4.88. The van der Waals surface area contributed by atoms with Crippen LogP contribution in [-0.4, -0.2) is 38.6 Å². The molecule has 0 radical (unpaired) electrons. The minimum absolute atomic E-state index is 0.188. The molecule has 5 rings (SSSR count). The van der Waals surface area contributed by atoms with Crippen molar-refractivity contribution in [3.8, 4) is 28.1 Å². The van der Waals surface area contributed by atoms with Crippen molar-refractivity contribution in [1.82, 2.24) is 15.2 Å². The molecule has 0 bridgehead atoms. The summed E-state index contributed by atoms with van der Waals surface area (Å²) < 4.78 is 5.17. The summed E-state index contributed by atoms with van der Waals surface area (Å²) in [4.78, 5) is 40.8. The minimum atomic E-state index is -1.08. The van der Waals surface area contributed by atoms with Crippen molar-refractivity contribution in [3.05, 3.63) is 70.0 Å². The third-order valence-electron chi connectivity index (χ3n) is 4.88. The lowest BCUT2D eigenvalue weighted by atomic mass is 9.95. The van der Waals surface area contributed by atoms with Gasteiger partial charge in [0, 0.05) is 16.7 Å². The quantitative estimate of drug-likeness (QED) is 0.435. The molecule has 0 saturated heterocycles. The largest absolute Gasteiger partial charge is 0.482 e. The summed E-state index contributed by atoms with van der Waals surface area (Å²) in [6, 6.07) is 13.8. The Morgan fingerprint density at radius 2 is 1.69 bits per heavy atom. The first-order chi connectivity index (χ1) is 14.0. The van der Waals surface area contributed by atoms with Crippen LogP contribution in [0.2, 0.25) is 0 Å². The van der Waals surface area contributed by atoms with Gasteiger partial charge in [-0.05, 0) is 17.7 Å². The van der Waals surface area contributed by atoms with E-state index in [4.69, 9.17) is 9.84 Å². The van der Waals surface area contributed by atoms with E-state index < -0.39 is 12.6 Å². The summed E-state index contributed by atoms with van der Waals surface area (Å²) in [5.74, 6) is -0.896. The van der Waals surface area contributed by atoms with Crippen molar-refractivity contribution in [1.29, 1.82) is 0 Å². The first-order valence-electron chi connectivity index (χ1n) is 8.78. The molecule has 2 aromatic heterocycles. The number of ketones is 1. The van der Waals surface area contributed by atoms with E-state index in [1.165, 1.54) is 0 Å². The Balaban J connectivity index is 1.74. The standard InChI is InChI=1S/C21H13N3O5/c25-14(26)9-29-11-7-5-10(6-8-11)15-16-18(22-20-17(15)21(28)24-23-20)12-3-1-2-4-13(12)19(16)27/h1-8H,9H2,(H,25,26)(H2,22,23,24,28). The Bertz CT molecular complexity index is 1370. The summed E-state index contributed by atoms with van der Waals surface area (Å²) in [6.45, 7) is -0.459. The number of aromatic amines is 2. The second-order valence-electron chi connectivity index (χ2n) is 6.59. The molecule has 0 unspecified atom stereocenters. The number of carbonyl (C=O) groups is 2. The fourth-order valence-corrected chi connectivity index (χ4v) is 3.67. The number of pyridine rings is 1. The van der Waals surface area contributed by atoms with Gasteiger partial charge in [0.1, 0.15) is 5.75 Å². The summed E-state index contributed by atoms with van der Waals surface area (Å²) in [7, 11) is 0. The number of ether oxygens (including phenoxy) is 1. The Morgan fingerprint density at radius 3 is 2.41 bits per heavy atom. The average molecular weight is 387 g/mol. The molecule has 0 amide bonds. The average Bonchev–Trinajstić information content (AvgIpc) is 3.24. The minimum Gasteiger partial charge on any atom is -0.482 e. The normalized spacial score (nSPS) is 12.1. The molecule has 8 nitrogen and oxygen atoms in total. The molecule has 0 spiro atoms. The van der Waals surface area contributed by atoms with Crippen LogP contribution in [0.25, 0.3) is 33.4 Å². The number of hydrogen-bond donors (Lipinski definition) is 3. The van der Waals surface area contributed by atoms with Crippen LogP contribution in [0.1, 0.15) is 15.9 Å². The lowest BCUT2D eigenvalue weighted by Crippen LogP contribution is -2.09. The molecule has 0 fully saturated rings. The fraction of sp³-hybridized carbons (Fsp3) is 0.0476. The van der Waals surface area contributed by atoms with Gasteiger partial charge in [-0.3, -0.25) is 19.8 Å². The molecular formula is C21H13N3O5. The van der Waals surface area contributed by atoms with E-state index in [-0.39, 0.29) is 11.3 Å². The zero-order valence-corrected chi connectivity index (χ0v) is 14.9. The maximum Gasteiger partial charge on any atom is 0.341 e. The van der Waals surface area contributed by atoms with Crippen LogP contribution in [-0.2, 0) is 4.79 Å². The highest BCUT2D eigenvalue weighted by Crippen LogP contribution is 2.42. The monoisotopic (exact) mass is 387 g/mol. The first kappa shape index (κ1) is 16.9. The number of rotatable bonds is 4. The number of aromatic nitrogens is 3. The number of fused-ring (bicyclic) bond motifs is 4. The van der Waals surface area contributed by atoms with Crippen LogP contribution in [0.4, 0.5) is 0 Å². The van der Waals surface area contributed by atoms with Crippen LogP contribution in [0, 0.1) is 0 Å². The third kappa shape index (κ3) is 2.53. The van der Waals surface area contributed by atoms with E-state index in [1.54, 1.807) is 36.4 Å². The van der Waals surface area contributed by atoms with Gasteiger partial charge in [-0.25, -0.2) is 9.78 Å². The number of H-pyrrole nitrogens is 2. The Labute approximate surface area is 162 Å². The zero-order chi connectivity index (χ0) is 20.1. The molecule has 8 heteroatoms. The molecule has 29 heavy (non-hydrogen) atoms. The predicted molar refractivity (Wildman–Crippen MR) is 104 cm³/mol. The van der Waals surface area contributed by atoms with Crippen molar-refractivity contribution in [2.45, 2.75) is 0 Å². The van der Waals surface area contributed by atoms with Crippen LogP contribution < -0.4 is 10.3 Å². The molecule has 1 aliphatic carbocycles. The summed E-state index contributed by atoms with van der Waals surface area (Å²) >= 11 is 0. The Morgan fingerprint density at radius 1 is 0.966 bits per heavy atom. The fourth-order valence-electron chi connectivity index (χ4n) is 3.67. The second-order valence-corrected chi connectivity index (χ2v) is 6.59. The molecule has 0 saturated carbocycles. The van der Waals surface area contributed by atoms with Crippen LogP contribution >= 0.6 is 0 Å². The summed E-state index contributed by atoms with van der Waals surface area (Å²) in [6.07, 6.45) is 0. The molecule has 1 aliphatic rings. The lowest BCUT2D eigenvalue weighted by molar-refractivity contribution is -0.139. The van der Waals surface area contributed by atoms with E-state index >= 15 is 0 Å². The van der Waals surface area contributed by atoms with Crippen LogP contribution in [0.15, 0.2) is 53.3 Å². The van der Waals surface area contributed by atoms with Crippen molar-refractivity contribution >= 4 is 22.8 Å². The highest BCUT2D eigenvalue weighted by atomic mass is 16.5. The van der Waals surface area contributed by atoms with Crippen molar-refractivity contribution in [2.75, 3.05) is 6.61 Å². The molecule has 2 heterocycles. The summed E-state index contributed by atoms with van der Waals surface area (Å²) in [5.41, 5.74) is 3.26. The van der Waals surface area contributed by atoms with Crippen molar-refractivity contribution in [3.63, 3.8) is 0 Å². The topological polar surface area (TPSA) is 125 Å². The highest BCUT2D eigenvalue weighted by molar-refractivity contribution is 6.26. The van der Waals surface area contributed by atoms with Gasteiger partial charge in [0.15, 0.2) is 18.0 Å². The number of benzene rings is 2. The Kier molecular flexibility index (Phi) is 3.60. The van der Waals surface area contributed by atoms with E-state index in [0.29, 0.717) is 44.7 Å². The van der Waals surface area contributed by atoms with E-state index in [2.05, 4.69) is 15.2 Å². The first-order valence-corrected chi connectivity index (χ1v) is 8.78. The molecule has 0 atom stereocenters. The van der Waals surface area contributed by atoms with Gasteiger partial charge in [-0.2, -0.15) is 0 Å². The lowest BCUT2D eigenvalue weighted by Gasteiger charge is -2.10. The number of aliphatic carboxylic acids is 1. The number of carboxylic acid groups (broad SMARTS) is 1. The highest BCUT2D eigenvalue weighted by Gasteiger charge is 2.33. The van der Waals surface area contributed by atoms with Gasteiger partial charge >= 0.3 is 5.97 Å². The molecule has 0 aliphatic heterocycles. The van der Waals surface area contributed by atoms with E-state index in [9.17, 15) is 14.4 Å². The Hall–Kier alpha value is -4.20. The maximum absolute atomic E-state index is 13.2. The van der Waals surface area contributed by atoms with Gasteiger partial charge in [0.25, 0.3) is 5.56 Å². The number of carbonyl (C=O) groups excluding carboxylic acids is 1. The number of hydrogen-bond acceptors (Lipinski definition) is 5. The molecule has 4 aromatic rings. The zero-order valence-electron chi connectivity index (χ0n) is 14.9. The van der Waals surface area contributed by atoms with Crippen molar-refractivity contribution < 1.29 is 19.4 Å². The van der Waals surface area contributed by atoms with E-state index in [0.717, 1.165) is 5.56 Å². The van der Waals surface area contributed by atoms with Crippen LogP contribution in [0.3, 0.4) is 0 Å². The van der Waals surface area contributed by atoms with E-state index in [1.807, 2.05) is 12.1 Å². The van der Waals surface area contributed by atoms with Gasteiger partial charge in [-0.1, -0.05) is 36.4 Å². The molecule has 2 aromatic carbocycles. The number of nitrogens with one attached hydrogen (secondary N) is 2. The summed E-state index contributed by atoms with van der Waals surface area (Å²) in [5, 5.41) is 14.3. The van der Waals surface area contributed by atoms with Gasteiger partial charge < -0.3 is 9.84 Å². The van der Waals surface area contributed by atoms with Gasteiger partial charge in [-0.15, -0.1) is 0 Å².